The van der Waals surface area contributed by atoms with Gasteiger partial charge in [0, 0.05) is 0 Å². The molecule has 0 aromatic heterocycles. The predicted octanol–water partition coefficient (Wildman–Crippen LogP) is 2.44. The highest BCUT2D eigenvalue weighted by Crippen LogP contribution is 1.95. The third-order valence-corrected chi connectivity index (χ3v) is 1.59. The molecular formula is C8H14Si. The predicted molar refractivity (Wildman–Crippen MR) is 45.9 cm³/mol. The van der Waals surface area contributed by atoms with Gasteiger partial charge in [-0.15, -0.1) is 5.54 Å². The number of hydrogen-bond acceptors (Lipinski definition) is 0. The average Bonchev–Trinajstić information content (AvgIpc) is 1.63. The summed E-state index contributed by atoms with van der Waals surface area (Å²) in [6.45, 7) is 8.70. The van der Waals surface area contributed by atoms with Crippen LogP contribution in [0.1, 0.15) is 6.92 Å². The second-order valence-electron chi connectivity index (χ2n) is 3.02. The molecule has 0 aliphatic rings. The van der Waals surface area contributed by atoms with Crippen LogP contribution in [0.15, 0.2) is 12.2 Å². The zero-order chi connectivity index (χ0) is 7.33. The highest BCUT2D eigenvalue weighted by atomic mass is 28.3. The monoisotopic (exact) mass is 138 g/mol. The SMILES string of the molecule is CC=CC#C[Si](C)(C)C. The fraction of sp³-hybridized carbons (Fsp3) is 0.500. The molecule has 0 aliphatic carbocycles. The second-order valence-corrected chi connectivity index (χ2v) is 7.77. The van der Waals surface area contributed by atoms with Gasteiger partial charge in [0.1, 0.15) is 8.07 Å². The lowest BCUT2D eigenvalue weighted by atomic mass is 10.6. The Balaban J connectivity index is 3.88. The van der Waals surface area contributed by atoms with Gasteiger partial charge in [-0.3, -0.25) is 0 Å². The summed E-state index contributed by atoms with van der Waals surface area (Å²) in [4.78, 5) is 0. The first kappa shape index (κ1) is 8.52. The van der Waals surface area contributed by atoms with Crippen LogP contribution < -0.4 is 0 Å². The number of allylic oxidation sites excluding steroid dienone is 2. The Labute approximate surface area is 59.0 Å². The van der Waals surface area contributed by atoms with Gasteiger partial charge in [-0.05, 0) is 13.0 Å². The highest BCUT2D eigenvalue weighted by molar-refractivity contribution is 6.83. The molecule has 0 atom stereocenters. The van der Waals surface area contributed by atoms with Crippen molar-refractivity contribution in [1.82, 2.24) is 0 Å². The van der Waals surface area contributed by atoms with E-state index in [1.807, 2.05) is 19.1 Å². The Bertz CT molecular complexity index is 150. The fourth-order valence-corrected chi connectivity index (χ4v) is 0.858. The molecule has 0 nitrogen and oxygen atoms in total. The summed E-state index contributed by atoms with van der Waals surface area (Å²) in [5.74, 6) is 3.01. The Morgan fingerprint density at radius 1 is 1.22 bits per heavy atom. The van der Waals surface area contributed by atoms with Gasteiger partial charge in [-0.1, -0.05) is 31.6 Å². The zero-order valence-electron chi connectivity index (χ0n) is 6.65. The van der Waals surface area contributed by atoms with Gasteiger partial charge in [-0.2, -0.15) is 0 Å². The van der Waals surface area contributed by atoms with E-state index in [-0.39, 0.29) is 0 Å². The van der Waals surface area contributed by atoms with Crippen molar-refractivity contribution in [3.63, 3.8) is 0 Å². The molecule has 0 spiro atoms. The standard InChI is InChI=1S/C8H14Si/c1-5-6-7-8-9(2,3)4/h5-6H,1-4H3. The maximum Gasteiger partial charge on any atom is 0.129 e. The average molecular weight is 138 g/mol. The maximum atomic E-state index is 3.22. The lowest BCUT2D eigenvalue weighted by molar-refractivity contribution is 1.76. The van der Waals surface area contributed by atoms with Crippen molar-refractivity contribution >= 4 is 8.07 Å². The van der Waals surface area contributed by atoms with Gasteiger partial charge >= 0.3 is 0 Å². The van der Waals surface area contributed by atoms with Gasteiger partial charge in [0.25, 0.3) is 0 Å². The molecule has 0 aromatic rings. The van der Waals surface area contributed by atoms with Crippen LogP contribution in [0.4, 0.5) is 0 Å². The highest BCUT2D eigenvalue weighted by Gasteiger charge is 2.06. The molecule has 0 aliphatic heterocycles. The summed E-state index contributed by atoms with van der Waals surface area (Å²) in [6, 6.07) is 0. The van der Waals surface area contributed by atoms with Crippen LogP contribution >= 0.6 is 0 Å². The molecule has 0 fully saturated rings. The molecule has 0 saturated carbocycles. The molecular weight excluding hydrogens is 124 g/mol. The van der Waals surface area contributed by atoms with Crippen molar-refractivity contribution in [3.05, 3.63) is 12.2 Å². The first-order valence-corrected chi connectivity index (χ1v) is 6.70. The summed E-state index contributed by atoms with van der Waals surface area (Å²) in [6.07, 6.45) is 3.87. The van der Waals surface area contributed by atoms with E-state index in [4.69, 9.17) is 0 Å². The molecule has 9 heavy (non-hydrogen) atoms. The number of hydrogen-bond donors (Lipinski definition) is 0. The topological polar surface area (TPSA) is 0 Å². The fourth-order valence-electron chi connectivity index (χ4n) is 0.342. The molecule has 0 unspecified atom stereocenters. The first-order chi connectivity index (χ1) is 4.06. The molecule has 0 bridgehead atoms. The molecule has 50 valence electrons. The van der Waals surface area contributed by atoms with E-state index in [2.05, 4.69) is 31.1 Å². The molecule has 0 amide bonds. The van der Waals surface area contributed by atoms with Gasteiger partial charge in [0.05, 0.1) is 0 Å². The van der Waals surface area contributed by atoms with E-state index in [0.29, 0.717) is 0 Å². The van der Waals surface area contributed by atoms with E-state index in [1.165, 1.54) is 0 Å². The first-order valence-electron chi connectivity index (χ1n) is 3.20. The Morgan fingerprint density at radius 3 is 2.11 bits per heavy atom. The van der Waals surface area contributed by atoms with E-state index in [9.17, 15) is 0 Å². The lowest BCUT2D eigenvalue weighted by Gasteiger charge is -2.01. The third kappa shape index (κ3) is 7.52. The van der Waals surface area contributed by atoms with Crippen molar-refractivity contribution in [2.24, 2.45) is 0 Å². The summed E-state index contributed by atoms with van der Waals surface area (Å²) < 4.78 is 0. The Hall–Kier alpha value is -0.483. The summed E-state index contributed by atoms with van der Waals surface area (Å²) in [5, 5.41) is 0. The Morgan fingerprint density at radius 2 is 1.78 bits per heavy atom. The molecule has 1 heteroatoms. The Kier molecular flexibility index (Phi) is 3.34. The lowest BCUT2D eigenvalue weighted by Crippen LogP contribution is -2.16. The van der Waals surface area contributed by atoms with E-state index in [0.717, 1.165) is 0 Å². The normalized spacial score (nSPS) is 11.1. The zero-order valence-corrected chi connectivity index (χ0v) is 7.65. The van der Waals surface area contributed by atoms with Crippen LogP contribution in [0.5, 0.6) is 0 Å². The van der Waals surface area contributed by atoms with Gasteiger partial charge in [0.15, 0.2) is 0 Å². The van der Waals surface area contributed by atoms with Crippen LogP contribution in [0, 0.1) is 11.5 Å². The van der Waals surface area contributed by atoms with E-state index in [1.54, 1.807) is 0 Å². The maximum absolute atomic E-state index is 3.22. The molecule has 0 rings (SSSR count). The quantitative estimate of drug-likeness (QED) is 0.356. The third-order valence-electron chi connectivity index (χ3n) is 0.697. The van der Waals surface area contributed by atoms with E-state index < -0.39 is 8.07 Å². The van der Waals surface area contributed by atoms with Crippen molar-refractivity contribution in [2.45, 2.75) is 26.6 Å². The van der Waals surface area contributed by atoms with Crippen molar-refractivity contribution in [3.8, 4) is 11.5 Å². The minimum absolute atomic E-state index is 1.11. The van der Waals surface area contributed by atoms with Gasteiger partial charge in [-0.25, -0.2) is 0 Å². The minimum Gasteiger partial charge on any atom is -0.127 e. The van der Waals surface area contributed by atoms with Gasteiger partial charge < -0.3 is 0 Å². The van der Waals surface area contributed by atoms with E-state index >= 15 is 0 Å². The van der Waals surface area contributed by atoms with Crippen molar-refractivity contribution < 1.29 is 0 Å². The minimum atomic E-state index is -1.11. The van der Waals surface area contributed by atoms with Crippen LogP contribution in [0.25, 0.3) is 0 Å². The van der Waals surface area contributed by atoms with Crippen LogP contribution in [0.3, 0.4) is 0 Å². The van der Waals surface area contributed by atoms with Gasteiger partial charge in [0.2, 0.25) is 0 Å². The van der Waals surface area contributed by atoms with Crippen LogP contribution in [-0.4, -0.2) is 8.07 Å². The van der Waals surface area contributed by atoms with Crippen molar-refractivity contribution in [1.29, 1.82) is 0 Å². The van der Waals surface area contributed by atoms with Crippen LogP contribution in [0.2, 0.25) is 19.6 Å². The van der Waals surface area contributed by atoms with Crippen LogP contribution in [-0.2, 0) is 0 Å². The smallest absolute Gasteiger partial charge is 0.127 e. The molecule has 0 N–H and O–H groups in total. The van der Waals surface area contributed by atoms with Crippen molar-refractivity contribution in [2.75, 3.05) is 0 Å². The largest absolute Gasteiger partial charge is 0.129 e. The molecule has 0 aromatic carbocycles. The molecule has 0 radical (unpaired) electrons. The summed E-state index contributed by atoms with van der Waals surface area (Å²) >= 11 is 0. The summed E-state index contributed by atoms with van der Waals surface area (Å²) in [7, 11) is -1.11. The summed E-state index contributed by atoms with van der Waals surface area (Å²) in [5.41, 5.74) is 3.22. The molecule has 0 saturated heterocycles. The number of rotatable bonds is 0. The second kappa shape index (κ2) is 3.52. The molecule has 0 heterocycles.